The third-order valence-corrected chi connectivity index (χ3v) is 5.15. The number of rotatable bonds is 7. The summed E-state index contributed by atoms with van der Waals surface area (Å²) in [4.78, 5) is 24.9. The first-order valence-corrected chi connectivity index (χ1v) is 10.7. The molecule has 0 bridgehead atoms. The Morgan fingerprint density at radius 3 is 2.25 bits per heavy atom. The van der Waals surface area contributed by atoms with Crippen molar-refractivity contribution >= 4 is 17.5 Å². The lowest BCUT2D eigenvalue weighted by molar-refractivity contribution is -0.118. The van der Waals surface area contributed by atoms with Gasteiger partial charge in [0.1, 0.15) is 5.75 Å². The second-order valence-corrected chi connectivity index (χ2v) is 8.80. The standard InChI is InChI=1S/C27H30N2O3/c1-19(20-9-6-5-7-10-20)28-26(31)21-11-8-12-23(17-21)29-25(30)18-32-24-15-13-22(14-16-24)27(2,3)4/h5-17,19H,18H2,1-4H3,(H,28,31)(H,29,30). The van der Waals surface area contributed by atoms with E-state index in [1.165, 1.54) is 5.56 Å². The monoisotopic (exact) mass is 430 g/mol. The van der Waals surface area contributed by atoms with Gasteiger partial charge in [-0.05, 0) is 53.8 Å². The Kier molecular flexibility index (Phi) is 7.31. The fraction of sp³-hybridized carbons (Fsp3) is 0.259. The van der Waals surface area contributed by atoms with E-state index in [2.05, 4.69) is 31.4 Å². The van der Waals surface area contributed by atoms with Crippen LogP contribution in [0.5, 0.6) is 5.75 Å². The van der Waals surface area contributed by atoms with Crippen LogP contribution in [0.2, 0.25) is 0 Å². The number of benzene rings is 3. The van der Waals surface area contributed by atoms with Gasteiger partial charge < -0.3 is 15.4 Å². The molecule has 0 spiro atoms. The van der Waals surface area contributed by atoms with Gasteiger partial charge in [-0.2, -0.15) is 0 Å². The maximum Gasteiger partial charge on any atom is 0.262 e. The van der Waals surface area contributed by atoms with E-state index in [0.717, 1.165) is 5.56 Å². The molecule has 0 saturated heterocycles. The quantitative estimate of drug-likeness (QED) is 0.521. The van der Waals surface area contributed by atoms with Crippen molar-refractivity contribution in [2.45, 2.75) is 39.2 Å². The van der Waals surface area contributed by atoms with Crippen LogP contribution in [0.1, 0.15) is 55.2 Å². The van der Waals surface area contributed by atoms with Crippen LogP contribution < -0.4 is 15.4 Å². The van der Waals surface area contributed by atoms with E-state index in [9.17, 15) is 9.59 Å². The smallest absolute Gasteiger partial charge is 0.262 e. The van der Waals surface area contributed by atoms with E-state index in [1.807, 2.05) is 61.5 Å². The zero-order valence-electron chi connectivity index (χ0n) is 19.0. The van der Waals surface area contributed by atoms with Crippen molar-refractivity contribution in [2.24, 2.45) is 0 Å². The van der Waals surface area contributed by atoms with Crippen LogP contribution in [0.25, 0.3) is 0 Å². The Hall–Kier alpha value is -3.60. The minimum absolute atomic E-state index is 0.0616. The highest BCUT2D eigenvalue weighted by atomic mass is 16.5. The summed E-state index contributed by atoms with van der Waals surface area (Å²) in [5, 5.41) is 5.76. The Bertz CT molecular complexity index is 1050. The molecule has 1 atom stereocenters. The number of carbonyl (C=O) groups is 2. The molecule has 32 heavy (non-hydrogen) atoms. The number of ether oxygens (including phenoxy) is 1. The molecule has 3 rings (SSSR count). The minimum Gasteiger partial charge on any atom is -0.484 e. The van der Waals surface area contributed by atoms with Crippen LogP contribution >= 0.6 is 0 Å². The molecule has 0 fully saturated rings. The zero-order chi connectivity index (χ0) is 23.1. The molecule has 5 nitrogen and oxygen atoms in total. The minimum atomic E-state index is -0.292. The summed E-state index contributed by atoms with van der Waals surface area (Å²) < 4.78 is 5.60. The Morgan fingerprint density at radius 2 is 1.59 bits per heavy atom. The van der Waals surface area contributed by atoms with Crippen molar-refractivity contribution in [3.63, 3.8) is 0 Å². The van der Waals surface area contributed by atoms with E-state index in [1.54, 1.807) is 24.3 Å². The van der Waals surface area contributed by atoms with Crippen LogP contribution in [-0.2, 0) is 10.2 Å². The molecule has 2 N–H and O–H groups in total. The first-order valence-electron chi connectivity index (χ1n) is 10.7. The first-order chi connectivity index (χ1) is 15.2. The summed E-state index contributed by atoms with van der Waals surface area (Å²) in [6.07, 6.45) is 0. The second kappa shape index (κ2) is 10.1. The topological polar surface area (TPSA) is 67.4 Å². The van der Waals surface area contributed by atoms with Crippen LogP contribution in [0, 0.1) is 0 Å². The molecule has 0 heterocycles. The SMILES string of the molecule is CC(NC(=O)c1cccc(NC(=O)COc2ccc(C(C)(C)C)cc2)c1)c1ccccc1. The Balaban J connectivity index is 1.54. The number of carbonyl (C=O) groups excluding carboxylic acids is 2. The van der Waals surface area contributed by atoms with Crippen molar-refractivity contribution < 1.29 is 14.3 Å². The maximum absolute atomic E-state index is 12.6. The highest BCUT2D eigenvalue weighted by molar-refractivity contribution is 5.97. The molecule has 166 valence electrons. The van der Waals surface area contributed by atoms with E-state index >= 15 is 0 Å². The van der Waals surface area contributed by atoms with Crippen LogP contribution in [0.15, 0.2) is 78.9 Å². The van der Waals surface area contributed by atoms with Crippen molar-refractivity contribution in [3.8, 4) is 5.75 Å². The number of amides is 2. The van der Waals surface area contributed by atoms with Gasteiger partial charge in [-0.15, -0.1) is 0 Å². The molecule has 0 aromatic heterocycles. The van der Waals surface area contributed by atoms with E-state index in [-0.39, 0.29) is 29.9 Å². The normalized spacial score (nSPS) is 12.0. The molecule has 1 unspecified atom stereocenters. The van der Waals surface area contributed by atoms with Crippen molar-refractivity contribution in [3.05, 3.63) is 95.6 Å². The molecule has 3 aromatic carbocycles. The van der Waals surface area contributed by atoms with Gasteiger partial charge in [0.25, 0.3) is 11.8 Å². The van der Waals surface area contributed by atoms with E-state index in [4.69, 9.17) is 4.74 Å². The molecule has 0 radical (unpaired) electrons. The predicted molar refractivity (Wildman–Crippen MR) is 128 cm³/mol. The fourth-order valence-corrected chi connectivity index (χ4v) is 3.24. The van der Waals surface area contributed by atoms with Gasteiger partial charge >= 0.3 is 0 Å². The second-order valence-electron chi connectivity index (χ2n) is 8.80. The molecule has 3 aromatic rings. The summed E-state index contributed by atoms with van der Waals surface area (Å²) in [5.74, 6) is 0.143. The molecular formula is C27H30N2O3. The third-order valence-electron chi connectivity index (χ3n) is 5.15. The van der Waals surface area contributed by atoms with Gasteiger partial charge in [-0.3, -0.25) is 9.59 Å². The number of hydrogen-bond donors (Lipinski definition) is 2. The number of anilines is 1. The summed E-state index contributed by atoms with van der Waals surface area (Å²) in [6, 6.07) is 24.2. The molecule has 5 heteroatoms. The predicted octanol–water partition coefficient (Wildman–Crippen LogP) is 5.49. The molecular weight excluding hydrogens is 400 g/mol. The lowest BCUT2D eigenvalue weighted by atomic mass is 9.87. The van der Waals surface area contributed by atoms with Gasteiger partial charge in [0.15, 0.2) is 6.61 Å². The number of hydrogen-bond acceptors (Lipinski definition) is 3. The van der Waals surface area contributed by atoms with Gasteiger partial charge in [0.05, 0.1) is 6.04 Å². The van der Waals surface area contributed by atoms with Crippen LogP contribution in [-0.4, -0.2) is 18.4 Å². The average molecular weight is 431 g/mol. The summed E-state index contributed by atoms with van der Waals surface area (Å²) in [7, 11) is 0. The van der Waals surface area contributed by atoms with Crippen LogP contribution in [0.4, 0.5) is 5.69 Å². The van der Waals surface area contributed by atoms with Gasteiger partial charge in [-0.1, -0.05) is 69.3 Å². The van der Waals surface area contributed by atoms with Gasteiger partial charge in [-0.25, -0.2) is 0 Å². The first kappa shape index (κ1) is 23.1. The lowest BCUT2D eigenvalue weighted by Crippen LogP contribution is -2.27. The molecule has 0 aliphatic carbocycles. The van der Waals surface area contributed by atoms with Crippen molar-refractivity contribution in [2.75, 3.05) is 11.9 Å². The van der Waals surface area contributed by atoms with Crippen molar-refractivity contribution in [1.29, 1.82) is 0 Å². The molecule has 0 saturated carbocycles. The van der Waals surface area contributed by atoms with E-state index < -0.39 is 0 Å². The van der Waals surface area contributed by atoms with Gasteiger partial charge in [0.2, 0.25) is 0 Å². The number of nitrogens with one attached hydrogen (secondary N) is 2. The fourth-order valence-electron chi connectivity index (χ4n) is 3.24. The largest absolute Gasteiger partial charge is 0.484 e. The highest BCUT2D eigenvalue weighted by Gasteiger charge is 2.14. The summed E-state index contributed by atoms with van der Waals surface area (Å²) in [6.45, 7) is 8.26. The van der Waals surface area contributed by atoms with Crippen LogP contribution in [0.3, 0.4) is 0 Å². The maximum atomic E-state index is 12.6. The van der Waals surface area contributed by atoms with Crippen molar-refractivity contribution in [1.82, 2.24) is 5.32 Å². The highest BCUT2D eigenvalue weighted by Crippen LogP contribution is 2.24. The Morgan fingerprint density at radius 1 is 0.906 bits per heavy atom. The zero-order valence-corrected chi connectivity index (χ0v) is 19.0. The molecule has 0 aliphatic rings. The lowest BCUT2D eigenvalue weighted by Gasteiger charge is -2.19. The molecule has 0 aliphatic heterocycles. The molecule has 2 amide bonds. The summed E-state index contributed by atoms with van der Waals surface area (Å²) in [5.41, 5.74) is 3.31. The average Bonchev–Trinajstić information content (AvgIpc) is 2.78. The van der Waals surface area contributed by atoms with E-state index in [0.29, 0.717) is 17.0 Å². The summed E-state index contributed by atoms with van der Waals surface area (Å²) >= 11 is 0. The Labute approximate surface area is 189 Å². The van der Waals surface area contributed by atoms with Gasteiger partial charge in [0, 0.05) is 11.3 Å². The third kappa shape index (κ3) is 6.45.